The van der Waals surface area contributed by atoms with E-state index in [1.54, 1.807) is 26.8 Å². The van der Waals surface area contributed by atoms with Gasteiger partial charge >= 0.3 is 12.1 Å². The van der Waals surface area contributed by atoms with Crippen molar-refractivity contribution in [3.05, 3.63) is 65.0 Å². The summed E-state index contributed by atoms with van der Waals surface area (Å²) in [5.41, 5.74) is 3.01. The Kier molecular flexibility index (Phi) is 9.72. The number of methoxy groups -OCH3 is 1. The minimum absolute atomic E-state index is 0.152. The van der Waals surface area contributed by atoms with Crippen molar-refractivity contribution in [1.82, 2.24) is 10.2 Å². The van der Waals surface area contributed by atoms with Crippen molar-refractivity contribution >= 4 is 12.1 Å². The zero-order valence-electron chi connectivity index (χ0n) is 24.4. The highest BCUT2D eigenvalue weighted by Crippen LogP contribution is 2.39. The standard InChI is InChI=1S/C32H43FN2O5/c1-32(2,3)40-31(37)35-20-27(18-29(35)30(36)38-5)39-26-16-22(15-25(33)17-26)14-21-10-12-23(13-11-21)28-9-7-6-8-24(28)19-34-4/h6-9,15-17,21,23,27,29,34H,10-14,18-20H2,1-5H3/t21?,23?,27-,29-/m0/s1. The SMILES string of the molecule is CNCc1ccccc1C1CCC(Cc2cc(F)cc(O[C@H]3C[C@@H](C(=O)OC)N(C(=O)OC(C)(C)C)C3)c2)CC1. The lowest BCUT2D eigenvalue weighted by Crippen LogP contribution is -2.44. The fourth-order valence-electron chi connectivity index (χ4n) is 6.06. The van der Waals surface area contributed by atoms with Gasteiger partial charge in [0, 0.05) is 19.0 Å². The zero-order chi connectivity index (χ0) is 28.9. The summed E-state index contributed by atoms with van der Waals surface area (Å²) in [5.74, 6) is 0.574. The third-order valence-corrected chi connectivity index (χ3v) is 7.83. The number of hydrogen-bond donors (Lipinski definition) is 1. The van der Waals surface area contributed by atoms with Crippen LogP contribution in [-0.4, -0.2) is 55.4 Å². The van der Waals surface area contributed by atoms with Crippen LogP contribution in [0.15, 0.2) is 42.5 Å². The number of hydrogen-bond acceptors (Lipinski definition) is 6. The van der Waals surface area contributed by atoms with Crippen LogP contribution in [0.1, 0.15) is 75.5 Å². The van der Waals surface area contributed by atoms with Crippen LogP contribution < -0.4 is 10.1 Å². The zero-order valence-corrected chi connectivity index (χ0v) is 24.4. The molecular weight excluding hydrogens is 511 g/mol. The summed E-state index contributed by atoms with van der Waals surface area (Å²) in [6.07, 6.45) is 4.40. The molecule has 0 spiro atoms. The van der Waals surface area contributed by atoms with Gasteiger partial charge in [-0.1, -0.05) is 24.3 Å². The van der Waals surface area contributed by atoms with Crippen LogP contribution in [0.2, 0.25) is 0 Å². The second-order valence-corrected chi connectivity index (χ2v) is 12.1. The van der Waals surface area contributed by atoms with Crippen LogP contribution in [0, 0.1) is 11.7 Å². The number of esters is 1. The maximum Gasteiger partial charge on any atom is 0.411 e. The van der Waals surface area contributed by atoms with Gasteiger partial charge in [-0.05, 0) is 101 Å². The molecule has 0 unspecified atom stereocenters. The number of likely N-dealkylation sites (tertiary alicyclic amines) is 1. The molecule has 1 saturated carbocycles. The summed E-state index contributed by atoms with van der Waals surface area (Å²) < 4.78 is 31.2. The molecule has 1 amide bonds. The van der Waals surface area contributed by atoms with E-state index >= 15 is 0 Å². The Morgan fingerprint density at radius 3 is 2.48 bits per heavy atom. The minimum atomic E-state index is -0.814. The molecule has 0 radical (unpaired) electrons. The van der Waals surface area contributed by atoms with Crippen molar-refractivity contribution in [2.24, 2.45) is 5.92 Å². The Morgan fingerprint density at radius 2 is 1.80 bits per heavy atom. The number of amides is 1. The maximum absolute atomic E-state index is 14.7. The van der Waals surface area contributed by atoms with E-state index < -0.39 is 29.8 Å². The van der Waals surface area contributed by atoms with Crippen LogP contribution in [0.25, 0.3) is 0 Å². The monoisotopic (exact) mass is 554 g/mol. The number of rotatable bonds is 8. The first-order chi connectivity index (χ1) is 19.1. The van der Waals surface area contributed by atoms with E-state index in [4.69, 9.17) is 14.2 Å². The van der Waals surface area contributed by atoms with Crippen molar-refractivity contribution in [1.29, 1.82) is 0 Å². The maximum atomic E-state index is 14.7. The highest BCUT2D eigenvalue weighted by molar-refractivity contribution is 5.82. The van der Waals surface area contributed by atoms with Crippen molar-refractivity contribution < 1.29 is 28.2 Å². The quantitative estimate of drug-likeness (QED) is 0.404. The molecule has 2 aromatic rings. The molecule has 8 heteroatoms. The summed E-state index contributed by atoms with van der Waals surface area (Å²) in [4.78, 5) is 26.5. The summed E-state index contributed by atoms with van der Waals surface area (Å²) in [6.45, 7) is 6.34. The lowest BCUT2D eigenvalue weighted by Gasteiger charge is -2.30. The molecule has 2 aromatic carbocycles. The number of nitrogens with zero attached hydrogens (tertiary/aromatic N) is 1. The number of halogens is 1. The van der Waals surface area contributed by atoms with E-state index in [-0.39, 0.29) is 18.8 Å². The van der Waals surface area contributed by atoms with E-state index in [0.717, 1.165) is 44.2 Å². The molecule has 0 bridgehead atoms. The number of carbonyl (C=O) groups is 2. The number of carbonyl (C=O) groups excluding carboxylic acids is 2. The van der Waals surface area contributed by atoms with Gasteiger partial charge in [-0.15, -0.1) is 0 Å². The predicted octanol–water partition coefficient (Wildman–Crippen LogP) is 5.99. The molecule has 218 valence electrons. The highest BCUT2D eigenvalue weighted by atomic mass is 19.1. The van der Waals surface area contributed by atoms with E-state index in [2.05, 4.69) is 29.6 Å². The van der Waals surface area contributed by atoms with Crippen LogP contribution >= 0.6 is 0 Å². The largest absolute Gasteiger partial charge is 0.488 e. The van der Waals surface area contributed by atoms with Crippen LogP contribution in [0.4, 0.5) is 9.18 Å². The third-order valence-electron chi connectivity index (χ3n) is 7.83. The molecule has 1 heterocycles. The van der Waals surface area contributed by atoms with E-state index in [0.29, 0.717) is 17.6 Å². The Hall–Kier alpha value is -3.13. The van der Waals surface area contributed by atoms with Crippen molar-refractivity contribution in [3.63, 3.8) is 0 Å². The number of benzene rings is 2. The number of nitrogens with one attached hydrogen (secondary N) is 1. The fraction of sp³-hybridized carbons (Fsp3) is 0.562. The predicted molar refractivity (Wildman–Crippen MR) is 152 cm³/mol. The normalized spacial score (nSPS) is 23.1. The molecular formula is C32H43FN2O5. The van der Waals surface area contributed by atoms with Crippen LogP contribution in [-0.2, 0) is 27.2 Å². The molecule has 7 nitrogen and oxygen atoms in total. The van der Waals surface area contributed by atoms with Gasteiger partial charge in [0.15, 0.2) is 0 Å². The first-order valence-corrected chi connectivity index (χ1v) is 14.3. The molecule has 1 aliphatic heterocycles. The van der Waals surface area contributed by atoms with Crippen LogP contribution in [0.5, 0.6) is 5.75 Å². The summed E-state index contributed by atoms with van der Waals surface area (Å²) in [7, 11) is 3.27. The molecule has 2 atom stereocenters. The van der Waals surface area contributed by atoms with E-state index in [1.165, 1.54) is 29.2 Å². The first kappa shape index (κ1) is 29.8. The Labute approximate surface area is 237 Å². The molecule has 0 aromatic heterocycles. The van der Waals surface area contributed by atoms with Gasteiger partial charge < -0.3 is 19.5 Å². The lowest BCUT2D eigenvalue weighted by atomic mass is 9.75. The summed E-state index contributed by atoms with van der Waals surface area (Å²) in [5, 5.41) is 3.27. The smallest absolute Gasteiger partial charge is 0.411 e. The summed E-state index contributed by atoms with van der Waals surface area (Å²) >= 11 is 0. The molecule has 1 aliphatic carbocycles. The topological polar surface area (TPSA) is 77.1 Å². The lowest BCUT2D eigenvalue weighted by molar-refractivity contribution is -0.145. The van der Waals surface area contributed by atoms with Gasteiger partial charge in [-0.25, -0.2) is 14.0 Å². The first-order valence-electron chi connectivity index (χ1n) is 14.3. The van der Waals surface area contributed by atoms with Gasteiger partial charge in [0.1, 0.15) is 29.3 Å². The number of ether oxygens (including phenoxy) is 3. The Balaban J connectivity index is 1.38. The fourth-order valence-corrected chi connectivity index (χ4v) is 6.06. The van der Waals surface area contributed by atoms with Gasteiger partial charge in [-0.3, -0.25) is 4.90 Å². The molecule has 4 rings (SSSR count). The van der Waals surface area contributed by atoms with Gasteiger partial charge in [0.25, 0.3) is 0 Å². The molecule has 1 saturated heterocycles. The van der Waals surface area contributed by atoms with Gasteiger partial charge in [0.2, 0.25) is 0 Å². The van der Waals surface area contributed by atoms with E-state index in [1.807, 2.05) is 13.1 Å². The summed E-state index contributed by atoms with van der Waals surface area (Å²) in [6, 6.07) is 12.7. The third kappa shape index (κ3) is 7.74. The Bertz CT molecular complexity index is 1170. The van der Waals surface area contributed by atoms with Gasteiger partial charge in [-0.2, -0.15) is 0 Å². The average molecular weight is 555 g/mol. The van der Waals surface area contributed by atoms with E-state index in [9.17, 15) is 14.0 Å². The molecule has 40 heavy (non-hydrogen) atoms. The minimum Gasteiger partial charge on any atom is -0.488 e. The highest BCUT2D eigenvalue weighted by Gasteiger charge is 2.43. The average Bonchev–Trinajstić information content (AvgIpc) is 3.32. The Morgan fingerprint density at radius 1 is 1.07 bits per heavy atom. The van der Waals surface area contributed by atoms with Crippen LogP contribution in [0.3, 0.4) is 0 Å². The second kappa shape index (κ2) is 13.0. The van der Waals surface area contributed by atoms with Crippen molar-refractivity contribution in [3.8, 4) is 5.75 Å². The van der Waals surface area contributed by atoms with Gasteiger partial charge in [0.05, 0.1) is 13.7 Å². The molecule has 2 aliphatic rings. The second-order valence-electron chi connectivity index (χ2n) is 12.1. The van der Waals surface area contributed by atoms with Crippen molar-refractivity contribution in [2.75, 3.05) is 20.7 Å². The van der Waals surface area contributed by atoms with Crippen molar-refractivity contribution in [2.45, 2.75) is 89.5 Å². The molecule has 1 N–H and O–H groups in total. The molecule has 2 fully saturated rings.